The molecule has 2 amide bonds. The molecule has 1 unspecified atom stereocenters. The third kappa shape index (κ3) is 7.37. The molecule has 1 heterocycles. The van der Waals surface area contributed by atoms with E-state index >= 15 is 0 Å². The maximum absolute atomic E-state index is 14.9. The highest BCUT2D eigenvalue weighted by Gasteiger charge is 2.38. The number of nitrogens with one attached hydrogen (secondary N) is 1. The average molecular weight is 560 g/mol. The highest BCUT2D eigenvalue weighted by molar-refractivity contribution is 6.00. The molecule has 41 heavy (non-hydrogen) atoms. The Balaban J connectivity index is 1.66. The van der Waals surface area contributed by atoms with E-state index in [4.69, 9.17) is 19.7 Å². The molecule has 0 radical (unpaired) electrons. The number of ether oxygens (including phenoxy) is 2. The lowest BCUT2D eigenvalue weighted by Crippen LogP contribution is -2.34. The first-order chi connectivity index (χ1) is 19.6. The number of carbonyl (C=O) groups excluding carboxylic acids is 2. The summed E-state index contributed by atoms with van der Waals surface area (Å²) >= 11 is 0. The van der Waals surface area contributed by atoms with Crippen LogP contribution in [-0.4, -0.2) is 24.1 Å². The fourth-order valence-corrected chi connectivity index (χ4v) is 4.59. The number of primary amides is 1. The van der Waals surface area contributed by atoms with Crippen LogP contribution < -0.4 is 15.8 Å². The zero-order valence-electron chi connectivity index (χ0n) is 23.5. The number of rotatable bonds is 11. The molecule has 0 aliphatic carbocycles. The second-order valence-corrected chi connectivity index (χ2v) is 10.8. The molecule has 1 aromatic heterocycles. The van der Waals surface area contributed by atoms with Crippen molar-refractivity contribution < 1.29 is 28.0 Å². The maximum Gasteiger partial charge on any atom is 0.254 e. The summed E-state index contributed by atoms with van der Waals surface area (Å²) in [5, 5.41) is 6.69. The van der Waals surface area contributed by atoms with E-state index in [9.17, 15) is 14.0 Å². The lowest BCUT2D eigenvalue weighted by atomic mass is 9.82. The summed E-state index contributed by atoms with van der Waals surface area (Å²) in [4.78, 5) is 26.7. The van der Waals surface area contributed by atoms with Gasteiger partial charge in [0.25, 0.3) is 5.88 Å². The molecule has 214 valence electrons. The molecule has 8 nitrogen and oxygen atoms in total. The van der Waals surface area contributed by atoms with Crippen LogP contribution >= 0.6 is 0 Å². The van der Waals surface area contributed by atoms with E-state index in [1.165, 1.54) is 12.1 Å². The van der Waals surface area contributed by atoms with Crippen molar-refractivity contribution in [1.29, 1.82) is 0 Å². The number of halogens is 1. The molecule has 0 fully saturated rings. The molecule has 3 aromatic carbocycles. The van der Waals surface area contributed by atoms with Crippen LogP contribution in [-0.2, 0) is 33.0 Å². The minimum Gasteiger partial charge on any atom is -0.471 e. The van der Waals surface area contributed by atoms with Gasteiger partial charge in [0, 0.05) is 18.9 Å². The molecule has 0 saturated carbocycles. The molecule has 2 atom stereocenters. The lowest BCUT2D eigenvalue weighted by Gasteiger charge is -2.24. The number of carbonyl (C=O) groups is 2. The van der Waals surface area contributed by atoms with Gasteiger partial charge in [0.1, 0.15) is 18.3 Å². The number of hydrogen-bond donors (Lipinski definition) is 2. The van der Waals surface area contributed by atoms with Crippen LogP contribution in [0.5, 0.6) is 5.88 Å². The zero-order chi connectivity index (χ0) is 29.6. The summed E-state index contributed by atoms with van der Waals surface area (Å²) in [5.41, 5.74) is 8.50. The van der Waals surface area contributed by atoms with E-state index in [0.717, 1.165) is 11.1 Å². The van der Waals surface area contributed by atoms with Gasteiger partial charge >= 0.3 is 0 Å². The van der Waals surface area contributed by atoms with Gasteiger partial charge in [-0.15, -0.1) is 0 Å². The van der Waals surface area contributed by atoms with Crippen molar-refractivity contribution in [2.45, 2.75) is 51.2 Å². The number of aromatic nitrogens is 1. The first kappa shape index (κ1) is 29.5. The van der Waals surface area contributed by atoms with Gasteiger partial charge in [-0.2, -0.15) is 0 Å². The molecule has 0 bridgehead atoms. The van der Waals surface area contributed by atoms with Crippen LogP contribution in [0, 0.1) is 5.82 Å². The van der Waals surface area contributed by atoms with Crippen molar-refractivity contribution in [1.82, 2.24) is 5.16 Å². The minimum absolute atomic E-state index is 0.0657. The molecule has 9 heteroatoms. The monoisotopic (exact) mass is 559 g/mol. The summed E-state index contributed by atoms with van der Waals surface area (Å²) in [6.45, 7) is 6.31. The zero-order valence-corrected chi connectivity index (χ0v) is 23.5. The van der Waals surface area contributed by atoms with Crippen LogP contribution in [0.4, 0.5) is 10.1 Å². The Hall–Kier alpha value is -4.50. The number of anilines is 1. The van der Waals surface area contributed by atoms with E-state index in [1.54, 1.807) is 43.5 Å². The van der Waals surface area contributed by atoms with Crippen LogP contribution in [0.15, 0.2) is 83.4 Å². The number of benzene rings is 3. The number of nitrogens with two attached hydrogens (primary N) is 1. The van der Waals surface area contributed by atoms with Crippen molar-refractivity contribution in [2.75, 3.05) is 12.4 Å². The van der Waals surface area contributed by atoms with Gasteiger partial charge < -0.3 is 25.0 Å². The van der Waals surface area contributed by atoms with Gasteiger partial charge in [-0.3, -0.25) is 9.59 Å². The van der Waals surface area contributed by atoms with Crippen LogP contribution in [0.2, 0.25) is 0 Å². The first-order valence-corrected chi connectivity index (χ1v) is 13.2. The number of hydrogen-bond acceptors (Lipinski definition) is 6. The molecule has 0 aliphatic rings. The second-order valence-electron chi connectivity index (χ2n) is 10.8. The van der Waals surface area contributed by atoms with Crippen molar-refractivity contribution in [2.24, 2.45) is 5.73 Å². The predicted molar refractivity (Wildman–Crippen MR) is 153 cm³/mol. The normalized spacial score (nSPS) is 12.9. The van der Waals surface area contributed by atoms with Gasteiger partial charge in [-0.1, -0.05) is 81.4 Å². The molecule has 4 rings (SSSR count). The standard InChI is InChI=1S/C32H34FN3O5/c1-32(2,3)24-15-14-23(16-25(24)33)35-31(38)28(22-12-10-21(11-13-22)18-39-4)29(30(34)37)26-17-27(36-41-26)40-19-20-8-6-5-7-9-20/h5-17,28-29H,18-19H2,1-4H3,(H2,34,37)(H,35,38)/t28-,29?/m0/s1. The van der Waals surface area contributed by atoms with Crippen molar-refractivity contribution in [3.63, 3.8) is 0 Å². The molecule has 3 N–H and O–H groups in total. The number of nitrogens with zero attached hydrogens (tertiary/aromatic N) is 1. The largest absolute Gasteiger partial charge is 0.471 e. The fourth-order valence-electron chi connectivity index (χ4n) is 4.59. The van der Waals surface area contributed by atoms with E-state index in [2.05, 4.69) is 10.5 Å². The average Bonchev–Trinajstić information content (AvgIpc) is 3.39. The summed E-state index contributed by atoms with van der Waals surface area (Å²) in [6.07, 6.45) is 0. The Morgan fingerprint density at radius 1 is 0.951 bits per heavy atom. The highest BCUT2D eigenvalue weighted by Crippen LogP contribution is 2.36. The van der Waals surface area contributed by atoms with Crippen LogP contribution in [0.3, 0.4) is 0 Å². The van der Waals surface area contributed by atoms with Crippen molar-refractivity contribution >= 4 is 17.5 Å². The molecular formula is C32H34FN3O5. The maximum atomic E-state index is 14.9. The van der Waals surface area contributed by atoms with Crippen molar-refractivity contribution in [3.05, 3.63) is 113 Å². The minimum atomic E-state index is -1.23. The molecule has 0 aliphatic heterocycles. The molecule has 0 spiro atoms. The Kier molecular flexibility index (Phi) is 9.19. The van der Waals surface area contributed by atoms with Gasteiger partial charge in [0.15, 0.2) is 5.76 Å². The Morgan fingerprint density at radius 2 is 1.63 bits per heavy atom. The second kappa shape index (κ2) is 12.8. The summed E-state index contributed by atoms with van der Waals surface area (Å²) in [6, 6.07) is 22.5. The SMILES string of the molecule is COCc1ccc([C@H](C(=O)Nc2ccc(C(C)(C)C)c(F)c2)C(C(N)=O)c2cc(OCc3ccccc3)no2)cc1. The van der Waals surface area contributed by atoms with Crippen LogP contribution in [0.1, 0.15) is 60.6 Å². The van der Waals surface area contributed by atoms with Crippen LogP contribution in [0.25, 0.3) is 0 Å². The van der Waals surface area contributed by atoms with Gasteiger partial charge in [0.2, 0.25) is 11.8 Å². The number of amides is 2. The molecular weight excluding hydrogens is 525 g/mol. The summed E-state index contributed by atoms with van der Waals surface area (Å²) in [7, 11) is 1.58. The highest BCUT2D eigenvalue weighted by atomic mass is 19.1. The number of methoxy groups -OCH3 is 1. The van der Waals surface area contributed by atoms with Gasteiger partial charge in [-0.05, 0) is 45.0 Å². The quantitative estimate of drug-likeness (QED) is 0.239. The molecule has 4 aromatic rings. The lowest BCUT2D eigenvalue weighted by molar-refractivity contribution is -0.125. The van der Waals surface area contributed by atoms with E-state index in [-0.39, 0.29) is 23.9 Å². The van der Waals surface area contributed by atoms with Gasteiger partial charge in [-0.25, -0.2) is 4.39 Å². The van der Waals surface area contributed by atoms with Gasteiger partial charge in [0.05, 0.1) is 12.5 Å². The molecule has 0 saturated heterocycles. The van der Waals surface area contributed by atoms with Crippen molar-refractivity contribution in [3.8, 4) is 5.88 Å². The topological polar surface area (TPSA) is 117 Å². The van der Waals surface area contributed by atoms with E-state index in [0.29, 0.717) is 17.7 Å². The summed E-state index contributed by atoms with van der Waals surface area (Å²) in [5.74, 6) is -3.96. The fraction of sp³-hybridized carbons (Fsp3) is 0.281. The third-order valence-electron chi connectivity index (χ3n) is 6.66. The Labute approximate surface area is 238 Å². The Morgan fingerprint density at radius 3 is 2.24 bits per heavy atom. The van der Waals surface area contributed by atoms with E-state index in [1.807, 2.05) is 51.1 Å². The smallest absolute Gasteiger partial charge is 0.254 e. The van der Waals surface area contributed by atoms with E-state index < -0.39 is 34.9 Å². The third-order valence-corrected chi connectivity index (χ3v) is 6.66. The first-order valence-electron chi connectivity index (χ1n) is 13.2. The summed E-state index contributed by atoms with van der Waals surface area (Å²) < 4.78 is 31.3. The Bertz CT molecular complexity index is 1480. The predicted octanol–water partition coefficient (Wildman–Crippen LogP) is 5.83.